The third-order valence-corrected chi connectivity index (χ3v) is 3.26. The van der Waals surface area contributed by atoms with Gasteiger partial charge in [0.15, 0.2) is 5.65 Å². The largest absolute Gasteiger partial charge is 0.508 e. The van der Waals surface area contributed by atoms with Crippen molar-refractivity contribution in [2.45, 2.75) is 33.6 Å². The Bertz CT molecular complexity index is 807. The Morgan fingerprint density at radius 1 is 1.17 bits per heavy atom. The van der Waals surface area contributed by atoms with Crippen LogP contribution in [0.5, 0.6) is 11.5 Å². The van der Waals surface area contributed by atoms with Crippen LogP contribution in [0.25, 0.3) is 16.8 Å². The molecule has 1 aromatic carbocycles. The van der Waals surface area contributed by atoms with Crippen LogP contribution in [0.4, 0.5) is 0 Å². The molecule has 0 radical (unpaired) electrons. The number of aromatic nitrogens is 3. The van der Waals surface area contributed by atoms with Crippen LogP contribution in [0.2, 0.25) is 0 Å². The quantitative estimate of drug-likeness (QED) is 0.642. The lowest BCUT2D eigenvalue weighted by molar-refractivity contribution is 0.487. The summed E-state index contributed by atoms with van der Waals surface area (Å²) in [7, 11) is 0. The molecule has 0 amide bonds. The van der Waals surface area contributed by atoms with Gasteiger partial charge in [-0.2, -0.15) is 5.10 Å². The SMILES string of the molecule is C=C(O)c1ccc(Oc2ccnc3n[nH]c(CC)c23)cc1.CCC. The maximum atomic E-state index is 9.33. The summed E-state index contributed by atoms with van der Waals surface area (Å²) in [6, 6.07) is 8.90. The molecule has 0 saturated carbocycles. The summed E-state index contributed by atoms with van der Waals surface area (Å²) in [6.45, 7) is 9.79. The fourth-order valence-electron chi connectivity index (χ4n) is 2.16. The van der Waals surface area contributed by atoms with E-state index in [0.29, 0.717) is 22.7 Å². The first-order valence-corrected chi connectivity index (χ1v) is 8.08. The number of rotatable bonds is 4. The van der Waals surface area contributed by atoms with Crippen molar-refractivity contribution < 1.29 is 9.84 Å². The van der Waals surface area contributed by atoms with Crippen molar-refractivity contribution in [1.29, 1.82) is 0 Å². The predicted octanol–water partition coefficient (Wildman–Crippen LogP) is 5.26. The maximum Gasteiger partial charge on any atom is 0.184 e. The Morgan fingerprint density at radius 3 is 2.42 bits per heavy atom. The molecule has 2 heterocycles. The monoisotopic (exact) mass is 325 g/mol. The van der Waals surface area contributed by atoms with Crippen LogP contribution in [-0.4, -0.2) is 20.3 Å². The lowest BCUT2D eigenvalue weighted by atomic mass is 10.2. The second-order valence-corrected chi connectivity index (χ2v) is 5.34. The number of H-pyrrole nitrogens is 1. The second-order valence-electron chi connectivity index (χ2n) is 5.34. The van der Waals surface area contributed by atoms with Gasteiger partial charge in [0.05, 0.1) is 5.39 Å². The van der Waals surface area contributed by atoms with Gasteiger partial charge in [-0.3, -0.25) is 5.10 Å². The Kier molecular flexibility index (Phi) is 5.95. The minimum atomic E-state index is 0.0379. The van der Waals surface area contributed by atoms with E-state index in [-0.39, 0.29) is 5.76 Å². The van der Waals surface area contributed by atoms with Crippen molar-refractivity contribution in [3.63, 3.8) is 0 Å². The number of fused-ring (bicyclic) bond motifs is 1. The van der Waals surface area contributed by atoms with E-state index in [1.54, 1.807) is 30.5 Å². The Hall–Kier alpha value is -2.82. The average Bonchev–Trinajstić information content (AvgIpc) is 3.00. The Morgan fingerprint density at radius 2 is 1.83 bits per heavy atom. The van der Waals surface area contributed by atoms with Gasteiger partial charge in [0.2, 0.25) is 0 Å². The number of ether oxygens (including phenoxy) is 1. The number of benzene rings is 1. The van der Waals surface area contributed by atoms with E-state index in [4.69, 9.17) is 4.74 Å². The van der Waals surface area contributed by atoms with E-state index >= 15 is 0 Å². The highest BCUT2D eigenvalue weighted by atomic mass is 16.5. The van der Waals surface area contributed by atoms with Crippen LogP contribution in [0, 0.1) is 0 Å². The first-order chi connectivity index (χ1) is 11.6. The summed E-state index contributed by atoms with van der Waals surface area (Å²) in [4.78, 5) is 4.22. The lowest BCUT2D eigenvalue weighted by Crippen LogP contribution is -1.89. The molecule has 0 saturated heterocycles. The minimum Gasteiger partial charge on any atom is -0.508 e. The van der Waals surface area contributed by atoms with E-state index in [1.165, 1.54) is 6.42 Å². The molecule has 24 heavy (non-hydrogen) atoms. The first kappa shape index (κ1) is 17.5. The Labute approximate surface area is 142 Å². The van der Waals surface area contributed by atoms with Gasteiger partial charge >= 0.3 is 0 Å². The van der Waals surface area contributed by atoms with E-state index < -0.39 is 0 Å². The summed E-state index contributed by atoms with van der Waals surface area (Å²) in [6.07, 6.45) is 3.74. The molecule has 0 atom stereocenters. The molecule has 0 spiro atoms. The summed E-state index contributed by atoms with van der Waals surface area (Å²) in [5.74, 6) is 1.42. The summed E-state index contributed by atoms with van der Waals surface area (Å²) < 4.78 is 5.92. The second kappa shape index (κ2) is 8.15. The van der Waals surface area contributed by atoms with E-state index in [9.17, 15) is 5.11 Å². The number of aromatic amines is 1. The summed E-state index contributed by atoms with van der Waals surface area (Å²) in [5.41, 5.74) is 2.30. The van der Waals surface area contributed by atoms with Crippen LogP contribution in [0.15, 0.2) is 43.1 Å². The van der Waals surface area contributed by atoms with Crippen molar-refractivity contribution in [1.82, 2.24) is 15.2 Å². The standard InChI is InChI=1S/C16H15N3O2.C3H8/c1-3-13-15-14(8-9-17-16(15)19-18-13)21-12-6-4-11(5-7-12)10(2)20;1-3-2/h4-9,20H,2-3H2,1H3,(H,17,18,19);3H2,1-2H3. The highest BCUT2D eigenvalue weighted by Gasteiger charge is 2.11. The molecular weight excluding hydrogens is 302 g/mol. The molecule has 2 N–H and O–H groups in total. The Balaban J connectivity index is 0.000000647. The number of hydrogen-bond donors (Lipinski definition) is 2. The smallest absolute Gasteiger partial charge is 0.184 e. The van der Waals surface area contributed by atoms with Crippen LogP contribution in [-0.2, 0) is 6.42 Å². The van der Waals surface area contributed by atoms with Crippen molar-refractivity contribution in [2.75, 3.05) is 0 Å². The first-order valence-electron chi connectivity index (χ1n) is 8.08. The average molecular weight is 325 g/mol. The van der Waals surface area contributed by atoms with Crippen molar-refractivity contribution in [3.05, 3.63) is 54.4 Å². The lowest BCUT2D eigenvalue weighted by Gasteiger charge is -2.08. The number of hydrogen-bond acceptors (Lipinski definition) is 4. The van der Waals surface area contributed by atoms with Gasteiger partial charge in [-0.05, 0) is 36.8 Å². The van der Waals surface area contributed by atoms with Crippen molar-refractivity contribution >= 4 is 16.8 Å². The predicted molar refractivity (Wildman–Crippen MR) is 97.4 cm³/mol. The fourth-order valence-corrected chi connectivity index (χ4v) is 2.16. The third kappa shape index (κ3) is 3.93. The number of aliphatic hydroxyl groups is 1. The highest BCUT2D eigenvalue weighted by Crippen LogP contribution is 2.30. The normalized spacial score (nSPS) is 10.1. The van der Waals surface area contributed by atoms with E-state index in [2.05, 4.69) is 35.6 Å². The molecule has 0 unspecified atom stereocenters. The zero-order valence-electron chi connectivity index (χ0n) is 14.3. The van der Waals surface area contributed by atoms with Gasteiger partial charge in [0.1, 0.15) is 17.3 Å². The molecule has 5 nitrogen and oxygen atoms in total. The molecular formula is C19H23N3O2. The zero-order chi connectivity index (χ0) is 17.5. The zero-order valence-corrected chi connectivity index (χ0v) is 14.3. The van der Waals surface area contributed by atoms with E-state index in [1.807, 2.05) is 13.0 Å². The summed E-state index contributed by atoms with van der Waals surface area (Å²) >= 11 is 0. The van der Waals surface area contributed by atoms with Crippen molar-refractivity contribution in [3.8, 4) is 11.5 Å². The molecule has 3 aromatic rings. The topological polar surface area (TPSA) is 71.0 Å². The molecule has 5 heteroatoms. The van der Waals surface area contributed by atoms with E-state index in [0.717, 1.165) is 17.5 Å². The van der Waals surface area contributed by atoms with Crippen molar-refractivity contribution in [2.24, 2.45) is 0 Å². The molecule has 0 bridgehead atoms. The molecule has 126 valence electrons. The van der Waals surface area contributed by atoms with Gasteiger partial charge < -0.3 is 9.84 Å². The van der Waals surface area contributed by atoms with Gasteiger partial charge in [-0.25, -0.2) is 4.98 Å². The summed E-state index contributed by atoms with van der Waals surface area (Å²) in [5, 5.41) is 17.4. The van der Waals surface area contributed by atoms with Gasteiger partial charge in [-0.1, -0.05) is 33.8 Å². The van der Waals surface area contributed by atoms with Gasteiger partial charge in [-0.15, -0.1) is 0 Å². The van der Waals surface area contributed by atoms with Crippen LogP contribution in [0.3, 0.4) is 0 Å². The number of nitrogens with zero attached hydrogens (tertiary/aromatic N) is 2. The molecule has 0 aliphatic heterocycles. The van der Waals surface area contributed by atoms with Gasteiger partial charge in [0, 0.05) is 17.5 Å². The number of pyridine rings is 1. The number of aryl methyl sites for hydroxylation is 1. The maximum absolute atomic E-state index is 9.33. The number of nitrogens with one attached hydrogen (secondary N) is 1. The third-order valence-electron chi connectivity index (χ3n) is 3.26. The van der Waals surface area contributed by atoms with Crippen LogP contribution in [0.1, 0.15) is 38.4 Å². The number of aliphatic hydroxyl groups excluding tert-OH is 1. The fraction of sp³-hybridized carbons (Fsp3) is 0.263. The molecule has 2 aromatic heterocycles. The molecule has 0 aliphatic rings. The van der Waals surface area contributed by atoms with Gasteiger partial charge in [0.25, 0.3) is 0 Å². The minimum absolute atomic E-state index is 0.0379. The highest BCUT2D eigenvalue weighted by molar-refractivity contribution is 5.84. The van der Waals surface area contributed by atoms with Crippen LogP contribution >= 0.6 is 0 Å². The molecule has 0 fully saturated rings. The van der Waals surface area contributed by atoms with Crippen LogP contribution < -0.4 is 4.74 Å². The molecule has 3 rings (SSSR count). The molecule has 0 aliphatic carbocycles.